The highest BCUT2D eigenvalue weighted by Gasteiger charge is 2.47. The van der Waals surface area contributed by atoms with Gasteiger partial charge in [-0.25, -0.2) is 9.37 Å². The smallest absolute Gasteiger partial charge is 0.261 e. The molecule has 41 heavy (non-hydrogen) atoms. The van der Waals surface area contributed by atoms with E-state index in [9.17, 15) is 19.5 Å². The minimum absolute atomic E-state index is 0.0218. The number of aromatic hydroxyl groups is 1. The van der Waals surface area contributed by atoms with Crippen LogP contribution in [0.1, 0.15) is 30.6 Å². The second-order valence-electron chi connectivity index (χ2n) is 11.4. The average Bonchev–Trinajstić information content (AvgIpc) is 3.17. The van der Waals surface area contributed by atoms with Crippen LogP contribution >= 0.6 is 11.6 Å². The molecule has 1 aromatic heterocycles. The predicted octanol–water partition coefficient (Wildman–Crippen LogP) is 3.17. The Labute approximate surface area is 242 Å². The van der Waals surface area contributed by atoms with Crippen molar-refractivity contribution in [2.24, 2.45) is 5.92 Å². The topological polar surface area (TPSA) is 107 Å². The van der Waals surface area contributed by atoms with E-state index in [2.05, 4.69) is 6.58 Å². The molecule has 4 heterocycles. The van der Waals surface area contributed by atoms with Gasteiger partial charge in [0.1, 0.15) is 40.3 Å². The van der Waals surface area contributed by atoms with E-state index in [1.54, 1.807) is 23.9 Å². The van der Waals surface area contributed by atoms with Gasteiger partial charge in [-0.3, -0.25) is 14.4 Å². The number of phenolic OH excluding ortho intramolecular Hbond substituents is 1. The van der Waals surface area contributed by atoms with Crippen molar-refractivity contribution < 1.29 is 28.6 Å². The summed E-state index contributed by atoms with van der Waals surface area (Å²) in [6, 6.07) is 3.39. The van der Waals surface area contributed by atoms with Crippen LogP contribution in [0, 0.1) is 11.7 Å². The van der Waals surface area contributed by atoms with Crippen molar-refractivity contribution >= 4 is 35.1 Å². The zero-order valence-corrected chi connectivity index (χ0v) is 24.2. The van der Waals surface area contributed by atoms with Crippen molar-refractivity contribution in [3.05, 3.63) is 47.3 Å². The van der Waals surface area contributed by atoms with Gasteiger partial charge in [-0.05, 0) is 38.5 Å². The molecule has 0 saturated carbocycles. The number of pyridine rings is 1. The summed E-state index contributed by atoms with van der Waals surface area (Å²) in [7, 11) is 3.38. The lowest BCUT2D eigenvalue weighted by molar-refractivity contribution is -0.132. The Morgan fingerprint density at radius 1 is 1.24 bits per heavy atom. The Morgan fingerprint density at radius 3 is 2.63 bits per heavy atom. The maximum absolute atomic E-state index is 15.1. The summed E-state index contributed by atoms with van der Waals surface area (Å²) < 4.78 is 21.3. The van der Waals surface area contributed by atoms with Crippen molar-refractivity contribution in [3.8, 4) is 22.8 Å². The third-order valence-electron chi connectivity index (χ3n) is 8.09. The molecule has 0 aliphatic carbocycles. The standard InChI is InChI=1S/C29H33ClFN5O5/c1-6-20(38)34-10-11-35-17(14-34)15-41-25-22(28(35)40)26(36-13-16(12-29(36,2)3)27(39)33(4)5)32-24(23(25)30)21-18(31)8-7-9-19(21)37/h6-9,16-17,37H,1,10-15H2,2-5H3/t16?,17-/m1/s1. The number of aromatic nitrogens is 1. The number of hydrogen-bond acceptors (Lipinski definition) is 7. The van der Waals surface area contributed by atoms with Crippen LogP contribution in [0.4, 0.5) is 10.2 Å². The Bertz CT molecular complexity index is 1430. The van der Waals surface area contributed by atoms with Crippen molar-refractivity contribution in [3.63, 3.8) is 0 Å². The lowest BCUT2D eigenvalue weighted by atomic mass is 9.95. The predicted molar refractivity (Wildman–Crippen MR) is 152 cm³/mol. The van der Waals surface area contributed by atoms with Crippen LogP contribution in [0.5, 0.6) is 11.5 Å². The lowest BCUT2D eigenvalue weighted by Gasteiger charge is -2.40. The third kappa shape index (κ3) is 4.86. The number of phenols is 1. The van der Waals surface area contributed by atoms with E-state index >= 15 is 4.39 Å². The molecule has 2 aromatic rings. The average molecular weight is 586 g/mol. The van der Waals surface area contributed by atoms with Gasteiger partial charge in [0.05, 0.1) is 17.5 Å². The van der Waals surface area contributed by atoms with Crippen LogP contribution in [-0.2, 0) is 9.59 Å². The number of benzene rings is 1. The number of nitrogens with zero attached hydrogens (tertiary/aromatic N) is 5. The highest BCUT2D eigenvalue weighted by atomic mass is 35.5. The number of piperazine rings is 1. The second-order valence-corrected chi connectivity index (χ2v) is 11.8. The molecule has 10 nitrogen and oxygen atoms in total. The molecule has 1 N–H and O–H groups in total. The van der Waals surface area contributed by atoms with Gasteiger partial charge in [-0.15, -0.1) is 0 Å². The third-order valence-corrected chi connectivity index (χ3v) is 8.44. The van der Waals surface area contributed by atoms with Crippen molar-refractivity contribution in [2.75, 3.05) is 51.8 Å². The summed E-state index contributed by atoms with van der Waals surface area (Å²) >= 11 is 6.82. The highest BCUT2D eigenvalue weighted by Crippen LogP contribution is 2.48. The maximum Gasteiger partial charge on any atom is 0.261 e. The highest BCUT2D eigenvalue weighted by molar-refractivity contribution is 6.35. The van der Waals surface area contributed by atoms with Gasteiger partial charge in [-0.2, -0.15) is 0 Å². The van der Waals surface area contributed by atoms with Crippen LogP contribution in [0.2, 0.25) is 5.02 Å². The number of rotatable bonds is 4. The number of fused-ring (bicyclic) bond motifs is 2. The Hall–Kier alpha value is -3.86. The SMILES string of the molecule is C=CC(=O)N1CCN2C(=O)c3c(N4CC(C(=O)N(C)C)CC4(C)C)nc(-c4c(O)cccc4F)c(Cl)c3OC[C@H]2C1. The molecular formula is C29H33ClFN5O5. The lowest BCUT2D eigenvalue weighted by Crippen LogP contribution is -2.57. The summed E-state index contributed by atoms with van der Waals surface area (Å²) in [5.41, 5.74) is -0.822. The molecule has 12 heteroatoms. The summed E-state index contributed by atoms with van der Waals surface area (Å²) in [4.78, 5) is 51.0. The van der Waals surface area contributed by atoms with Crippen LogP contribution in [0.25, 0.3) is 11.3 Å². The molecule has 218 valence electrons. The number of carbonyl (C=O) groups excluding carboxylic acids is 3. The van der Waals surface area contributed by atoms with E-state index in [4.69, 9.17) is 21.3 Å². The van der Waals surface area contributed by atoms with E-state index in [1.165, 1.54) is 29.2 Å². The monoisotopic (exact) mass is 585 g/mol. The molecule has 3 aliphatic heterocycles. The molecule has 0 bridgehead atoms. The van der Waals surface area contributed by atoms with Crippen molar-refractivity contribution in [1.82, 2.24) is 19.7 Å². The van der Waals surface area contributed by atoms with Crippen LogP contribution in [0.3, 0.4) is 0 Å². The van der Waals surface area contributed by atoms with E-state index in [-0.39, 0.29) is 89.0 Å². The first-order valence-corrected chi connectivity index (χ1v) is 13.8. The molecule has 1 aromatic carbocycles. The van der Waals surface area contributed by atoms with Crippen molar-refractivity contribution in [2.45, 2.75) is 31.8 Å². The fraction of sp³-hybridized carbons (Fsp3) is 0.448. The maximum atomic E-state index is 15.1. The van der Waals surface area contributed by atoms with Crippen LogP contribution in [0.15, 0.2) is 30.9 Å². The van der Waals surface area contributed by atoms with Gasteiger partial charge in [0.15, 0.2) is 5.75 Å². The normalized spacial score (nSPS) is 21.5. The van der Waals surface area contributed by atoms with Crippen LogP contribution in [-0.4, -0.2) is 101 Å². The second kappa shape index (κ2) is 10.5. The zero-order chi connectivity index (χ0) is 29.8. The Morgan fingerprint density at radius 2 is 1.98 bits per heavy atom. The minimum atomic E-state index is -0.748. The summed E-state index contributed by atoms with van der Waals surface area (Å²) in [6.07, 6.45) is 1.72. The first-order chi connectivity index (χ1) is 19.4. The molecule has 2 atom stereocenters. The largest absolute Gasteiger partial charge is 0.507 e. The summed E-state index contributed by atoms with van der Waals surface area (Å²) in [5.74, 6) is -1.97. The van der Waals surface area contributed by atoms with Crippen LogP contribution < -0.4 is 9.64 Å². The number of ether oxygens (including phenoxy) is 1. The Kier molecular flexibility index (Phi) is 7.35. The molecule has 2 fully saturated rings. The molecule has 3 amide bonds. The Balaban J connectivity index is 1.69. The number of anilines is 1. The van der Waals surface area contributed by atoms with Gasteiger partial charge < -0.3 is 29.4 Å². The molecule has 2 saturated heterocycles. The molecule has 0 spiro atoms. The van der Waals surface area contributed by atoms with Gasteiger partial charge in [0.25, 0.3) is 5.91 Å². The van der Waals surface area contributed by atoms with E-state index in [0.29, 0.717) is 13.0 Å². The number of hydrogen-bond donors (Lipinski definition) is 1. The van der Waals surface area contributed by atoms with Crippen molar-refractivity contribution in [1.29, 1.82) is 0 Å². The summed E-state index contributed by atoms with van der Waals surface area (Å²) in [5, 5.41) is 10.5. The van der Waals surface area contributed by atoms with E-state index < -0.39 is 17.4 Å². The zero-order valence-electron chi connectivity index (χ0n) is 23.5. The van der Waals surface area contributed by atoms with E-state index in [0.717, 1.165) is 0 Å². The fourth-order valence-electron chi connectivity index (χ4n) is 6.03. The molecule has 5 rings (SSSR count). The number of halogens is 2. The molecule has 3 aliphatic rings. The molecule has 0 radical (unpaired) electrons. The van der Waals surface area contributed by atoms with Gasteiger partial charge >= 0.3 is 0 Å². The first-order valence-electron chi connectivity index (χ1n) is 13.4. The van der Waals surface area contributed by atoms with Gasteiger partial charge in [0.2, 0.25) is 11.8 Å². The quantitative estimate of drug-likeness (QED) is 0.549. The summed E-state index contributed by atoms with van der Waals surface area (Å²) in [6.45, 7) is 8.54. The van der Waals surface area contributed by atoms with Gasteiger partial charge in [-0.1, -0.05) is 24.2 Å². The molecule has 1 unspecified atom stereocenters. The van der Waals surface area contributed by atoms with E-state index in [1.807, 2.05) is 18.7 Å². The molecular weight excluding hydrogens is 553 g/mol. The van der Waals surface area contributed by atoms with Gasteiger partial charge in [0, 0.05) is 45.8 Å². The first kappa shape index (κ1) is 28.7. The fourth-order valence-corrected chi connectivity index (χ4v) is 6.32. The number of amides is 3. The number of carbonyl (C=O) groups is 3. The minimum Gasteiger partial charge on any atom is -0.507 e.